The highest BCUT2D eigenvalue weighted by Gasteiger charge is 2.36. The van der Waals surface area contributed by atoms with Crippen LogP contribution in [0.1, 0.15) is 55.3 Å². The van der Waals surface area contributed by atoms with E-state index in [2.05, 4.69) is 41.0 Å². The van der Waals surface area contributed by atoms with Gasteiger partial charge in [0.05, 0.1) is 0 Å². The fourth-order valence-electron chi connectivity index (χ4n) is 6.35. The number of amides is 1. The lowest BCUT2D eigenvalue weighted by molar-refractivity contribution is -0.140. The Morgan fingerprint density at radius 1 is 1.06 bits per heavy atom. The molecule has 0 radical (unpaired) electrons. The Labute approximate surface area is 213 Å². The minimum atomic E-state index is -0.719. The first kappa shape index (κ1) is 24.6. The van der Waals surface area contributed by atoms with E-state index in [1.165, 1.54) is 16.8 Å². The number of rotatable bonds is 8. The first-order valence-corrected chi connectivity index (χ1v) is 13.6. The molecule has 3 aliphatic rings. The molecule has 1 amide bonds. The van der Waals surface area contributed by atoms with Crippen LogP contribution >= 0.6 is 0 Å². The summed E-state index contributed by atoms with van der Waals surface area (Å²) in [5.41, 5.74) is 4.79. The SMILES string of the molecule is O=C(O)C[C@H](C1CCN(C(=O)CCCc2ccc3c(n2)NCCC3)CC1)C1CNc2ccccc2C1. The molecule has 4 heterocycles. The fourth-order valence-corrected chi connectivity index (χ4v) is 6.35. The number of para-hydroxylation sites is 1. The van der Waals surface area contributed by atoms with Crippen LogP contribution in [0.4, 0.5) is 11.5 Å². The van der Waals surface area contributed by atoms with Crippen LogP contribution in [0.25, 0.3) is 0 Å². The van der Waals surface area contributed by atoms with E-state index < -0.39 is 5.97 Å². The van der Waals surface area contributed by atoms with Crippen LogP contribution in [0.5, 0.6) is 0 Å². The summed E-state index contributed by atoms with van der Waals surface area (Å²) in [4.78, 5) is 31.4. The van der Waals surface area contributed by atoms with Crippen molar-refractivity contribution in [2.45, 2.75) is 57.8 Å². The molecule has 1 aromatic carbocycles. The number of anilines is 2. The average Bonchev–Trinajstić information content (AvgIpc) is 2.91. The summed E-state index contributed by atoms with van der Waals surface area (Å²) in [5, 5.41) is 16.5. The van der Waals surface area contributed by atoms with Gasteiger partial charge in [-0.2, -0.15) is 0 Å². The summed E-state index contributed by atoms with van der Waals surface area (Å²) >= 11 is 0. The normalized spacial score (nSPS) is 20.4. The third-order valence-electron chi connectivity index (χ3n) is 8.34. The summed E-state index contributed by atoms with van der Waals surface area (Å²) in [7, 11) is 0. The molecule has 1 aromatic heterocycles. The molecule has 0 bridgehead atoms. The van der Waals surface area contributed by atoms with E-state index in [9.17, 15) is 14.7 Å². The number of nitrogens with zero attached hydrogens (tertiary/aromatic N) is 2. The van der Waals surface area contributed by atoms with Crippen LogP contribution in [0.2, 0.25) is 0 Å². The molecule has 0 saturated carbocycles. The van der Waals surface area contributed by atoms with E-state index in [1.54, 1.807) is 0 Å². The second-order valence-corrected chi connectivity index (χ2v) is 10.7. The Hall–Kier alpha value is -3.09. The smallest absolute Gasteiger partial charge is 0.303 e. The van der Waals surface area contributed by atoms with Crippen LogP contribution < -0.4 is 10.6 Å². The number of aliphatic carboxylic acids is 1. The summed E-state index contributed by atoms with van der Waals surface area (Å²) in [6.45, 7) is 3.27. The van der Waals surface area contributed by atoms with Crippen molar-refractivity contribution < 1.29 is 14.7 Å². The molecular weight excluding hydrogens is 452 g/mol. The number of hydrogen-bond acceptors (Lipinski definition) is 5. The molecule has 1 fully saturated rings. The van der Waals surface area contributed by atoms with Crippen molar-refractivity contribution in [3.05, 3.63) is 53.2 Å². The second-order valence-electron chi connectivity index (χ2n) is 10.7. The highest BCUT2D eigenvalue weighted by atomic mass is 16.4. The number of carbonyl (C=O) groups is 2. The average molecular weight is 491 g/mol. The quantitative estimate of drug-likeness (QED) is 0.509. The van der Waals surface area contributed by atoms with Crippen molar-refractivity contribution in [1.82, 2.24) is 9.88 Å². The van der Waals surface area contributed by atoms with Gasteiger partial charge in [0.2, 0.25) is 5.91 Å². The molecule has 2 aromatic rings. The molecule has 1 unspecified atom stereocenters. The van der Waals surface area contributed by atoms with Crippen LogP contribution in [-0.4, -0.2) is 53.0 Å². The fraction of sp³-hybridized carbons (Fsp3) is 0.552. The highest BCUT2D eigenvalue weighted by molar-refractivity contribution is 5.76. The third kappa shape index (κ3) is 5.82. The molecule has 36 heavy (non-hydrogen) atoms. The number of fused-ring (bicyclic) bond motifs is 2. The Morgan fingerprint density at radius 3 is 2.72 bits per heavy atom. The predicted octanol–water partition coefficient (Wildman–Crippen LogP) is 4.38. The molecule has 5 rings (SSSR count). The Balaban J connectivity index is 1.11. The maximum Gasteiger partial charge on any atom is 0.303 e. The molecule has 3 aliphatic heterocycles. The molecule has 0 aliphatic carbocycles. The van der Waals surface area contributed by atoms with E-state index >= 15 is 0 Å². The van der Waals surface area contributed by atoms with Gasteiger partial charge in [-0.15, -0.1) is 0 Å². The van der Waals surface area contributed by atoms with Gasteiger partial charge in [0.15, 0.2) is 0 Å². The molecule has 7 heteroatoms. The number of aryl methyl sites for hydroxylation is 2. The first-order chi connectivity index (χ1) is 17.6. The minimum Gasteiger partial charge on any atom is -0.481 e. The number of pyridine rings is 1. The number of nitrogens with one attached hydrogen (secondary N) is 2. The minimum absolute atomic E-state index is 0.129. The van der Waals surface area contributed by atoms with E-state index in [0.717, 1.165) is 82.6 Å². The van der Waals surface area contributed by atoms with Gasteiger partial charge < -0.3 is 20.6 Å². The molecule has 0 spiro atoms. The largest absolute Gasteiger partial charge is 0.481 e. The van der Waals surface area contributed by atoms with Crippen LogP contribution in [0, 0.1) is 17.8 Å². The third-order valence-corrected chi connectivity index (χ3v) is 8.34. The van der Waals surface area contributed by atoms with E-state index in [4.69, 9.17) is 4.98 Å². The number of benzene rings is 1. The zero-order chi connectivity index (χ0) is 24.9. The topological polar surface area (TPSA) is 94.6 Å². The van der Waals surface area contributed by atoms with Crippen molar-refractivity contribution in [3.8, 4) is 0 Å². The zero-order valence-electron chi connectivity index (χ0n) is 21.0. The first-order valence-electron chi connectivity index (χ1n) is 13.6. The van der Waals surface area contributed by atoms with Crippen molar-refractivity contribution >= 4 is 23.4 Å². The zero-order valence-corrected chi connectivity index (χ0v) is 21.0. The molecule has 3 N–H and O–H groups in total. The maximum absolute atomic E-state index is 12.9. The van der Waals surface area contributed by atoms with Crippen molar-refractivity contribution in [3.63, 3.8) is 0 Å². The Kier molecular flexibility index (Phi) is 7.73. The molecule has 7 nitrogen and oxygen atoms in total. The lowest BCUT2D eigenvalue weighted by Gasteiger charge is -2.40. The van der Waals surface area contributed by atoms with Crippen molar-refractivity contribution in [2.75, 3.05) is 36.8 Å². The standard InChI is InChI=1S/C29H38N4O3/c34-27(9-3-7-24-11-10-21-6-4-14-30-29(21)32-24)33-15-12-20(13-16-33)25(18-28(35)36)23-17-22-5-1-2-8-26(22)31-19-23/h1-2,5,8,10-11,20,23,25,31H,3-4,6-7,9,12-19H2,(H,30,32)(H,35,36)/t23?,25-/m1/s1. The molecule has 1 saturated heterocycles. The summed E-state index contributed by atoms with van der Waals surface area (Å²) < 4.78 is 0. The van der Waals surface area contributed by atoms with Gasteiger partial charge in [-0.25, -0.2) is 4.98 Å². The summed E-state index contributed by atoms with van der Waals surface area (Å²) in [5.74, 6) is 1.29. The number of hydrogen-bond donors (Lipinski definition) is 3. The van der Waals surface area contributed by atoms with E-state index in [-0.39, 0.29) is 18.2 Å². The molecular formula is C29H38N4O3. The number of piperidine rings is 1. The van der Waals surface area contributed by atoms with E-state index in [1.807, 2.05) is 11.0 Å². The monoisotopic (exact) mass is 490 g/mol. The number of likely N-dealkylation sites (tertiary alicyclic amines) is 1. The number of carboxylic acid groups (broad SMARTS) is 1. The summed E-state index contributed by atoms with van der Waals surface area (Å²) in [6.07, 6.45) is 7.30. The number of carbonyl (C=O) groups excluding carboxylic acids is 1. The lowest BCUT2D eigenvalue weighted by Crippen LogP contribution is -2.43. The number of carboxylic acids is 1. The van der Waals surface area contributed by atoms with Gasteiger partial charge in [-0.1, -0.05) is 24.3 Å². The Bertz CT molecular complexity index is 1080. The molecule has 192 valence electrons. The van der Waals surface area contributed by atoms with Gasteiger partial charge in [-0.3, -0.25) is 9.59 Å². The van der Waals surface area contributed by atoms with Crippen LogP contribution in [0.3, 0.4) is 0 Å². The Morgan fingerprint density at radius 2 is 1.89 bits per heavy atom. The maximum atomic E-state index is 12.9. The van der Waals surface area contributed by atoms with E-state index in [0.29, 0.717) is 18.3 Å². The highest BCUT2D eigenvalue weighted by Crippen LogP contribution is 2.38. The van der Waals surface area contributed by atoms with Gasteiger partial charge in [0.1, 0.15) is 5.82 Å². The van der Waals surface area contributed by atoms with Crippen LogP contribution in [-0.2, 0) is 28.9 Å². The number of aromatic nitrogens is 1. The molecule has 2 atom stereocenters. The van der Waals surface area contributed by atoms with Crippen LogP contribution in [0.15, 0.2) is 36.4 Å². The predicted molar refractivity (Wildman–Crippen MR) is 141 cm³/mol. The summed E-state index contributed by atoms with van der Waals surface area (Å²) in [6, 6.07) is 12.6. The van der Waals surface area contributed by atoms with Gasteiger partial charge >= 0.3 is 5.97 Å². The second kappa shape index (κ2) is 11.3. The van der Waals surface area contributed by atoms with Gasteiger partial charge in [-0.05, 0) is 86.0 Å². The lowest BCUT2D eigenvalue weighted by atomic mass is 9.72. The van der Waals surface area contributed by atoms with Crippen molar-refractivity contribution in [1.29, 1.82) is 0 Å². The van der Waals surface area contributed by atoms with Gasteiger partial charge in [0.25, 0.3) is 0 Å². The van der Waals surface area contributed by atoms with Crippen molar-refractivity contribution in [2.24, 2.45) is 17.8 Å². The van der Waals surface area contributed by atoms with Gasteiger partial charge in [0, 0.05) is 50.4 Å².